The average Bonchev–Trinajstić information content (AvgIpc) is 2.60. The summed E-state index contributed by atoms with van der Waals surface area (Å²) in [6, 6.07) is 6.76. The van der Waals surface area contributed by atoms with E-state index in [0.29, 0.717) is 22.8 Å². The highest BCUT2D eigenvalue weighted by Crippen LogP contribution is 2.12. The van der Waals surface area contributed by atoms with Gasteiger partial charge < -0.3 is 10.2 Å². The summed E-state index contributed by atoms with van der Waals surface area (Å²) < 4.78 is 0. The second-order valence-corrected chi connectivity index (χ2v) is 5.63. The largest absolute Gasteiger partial charge is 0.344 e. The van der Waals surface area contributed by atoms with Gasteiger partial charge in [-0.3, -0.25) is 9.59 Å². The molecule has 1 aromatic heterocycles. The number of carbonyl (C=O) groups excluding carboxylic acids is 2. The Hall–Kier alpha value is -2.76. The van der Waals surface area contributed by atoms with Gasteiger partial charge in [-0.2, -0.15) is 0 Å². The number of nitrogens with zero attached hydrogens (tertiary/aromatic N) is 3. The summed E-state index contributed by atoms with van der Waals surface area (Å²) in [5, 5.41) is 2.76. The van der Waals surface area contributed by atoms with Crippen molar-refractivity contribution in [3.05, 3.63) is 47.8 Å². The maximum absolute atomic E-state index is 12.2. The molecule has 0 spiro atoms. The van der Waals surface area contributed by atoms with Crippen LogP contribution in [0, 0.1) is 0 Å². The summed E-state index contributed by atoms with van der Waals surface area (Å²) in [5.74, 6) is 0.309. The number of ketones is 1. The summed E-state index contributed by atoms with van der Waals surface area (Å²) in [4.78, 5) is 33.9. The van der Waals surface area contributed by atoms with Gasteiger partial charge in [0, 0.05) is 37.2 Å². The molecule has 0 aliphatic carbocycles. The summed E-state index contributed by atoms with van der Waals surface area (Å²) >= 11 is 0. The minimum absolute atomic E-state index is 0.0101. The minimum atomic E-state index is -0.284. The maximum Gasteiger partial charge on any atom is 0.258 e. The first-order valence-electron chi connectivity index (χ1n) is 7.96. The molecular formula is C18H22N4O2. The molecule has 24 heavy (non-hydrogen) atoms. The second-order valence-electron chi connectivity index (χ2n) is 5.63. The normalized spacial score (nSPS) is 10.3. The molecule has 0 saturated carbocycles. The van der Waals surface area contributed by atoms with E-state index in [0.717, 1.165) is 19.4 Å². The van der Waals surface area contributed by atoms with Crippen molar-refractivity contribution in [1.29, 1.82) is 0 Å². The lowest BCUT2D eigenvalue weighted by Crippen LogP contribution is -2.21. The first kappa shape index (κ1) is 17.6. The highest BCUT2D eigenvalue weighted by molar-refractivity contribution is 6.04. The van der Waals surface area contributed by atoms with Gasteiger partial charge >= 0.3 is 0 Å². The predicted molar refractivity (Wildman–Crippen MR) is 94.6 cm³/mol. The zero-order valence-electron chi connectivity index (χ0n) is 14.2. The molecule has 0 aliphatic heterocycles. The molecule has 2 rings (SSSR count). The van der Waals surface area contributed by atoms with Crippen molar-refractivity contribution in [3.63, 3.8) is 0 Å². The van der Waals surface area contributed by atoms with Crippen molar-refractivity contribution >= 4 is 23.3 Å². The number of hydrogen-bond acceptors (Lipinski definition) is 5. The molecule has 0 bridgehead atoms. The lowest BCUT2D eigenvalue weighted by molar-refractivity contribution is 0.101. The number of carbonyl (C=O) groups is 2. The quantitative estimate of drug-likeness (QED) is 0.791. The van der Waals surface area contributed by atoms with Crippen LogP contribution in [0.25, 0.3) is 0 Å². The number of Topliss-reactive ketones (excluding diaryl/α,β-unsaturated/α-hetero) is 1. The van der Waals surface area contributed by atoms with Gasteiger partial charge in [-0.05, 0) is 37.6 Å². The Kier molecular flexibility index (Phi) is 6.01. The fourth-order valence-corrected chi connectivity index (χ4v) is 2.12. The predicted octanol–water partition coefficient (Wildman–Crippen LogP) is 3.17. The Morgan fingerprint density at radius 3 is 2.25 bits per heavy atom. The Bertz CT molecular complexity index is 696. The third-order valence-corrected chi connectivity index (χ3v) is 3.64. The molecule has 1 amide bonds. The maximum atomic E-state index is 12.2. The molecule has 6 nitrogen and oxygen atoms in total. The van der Waals surface area contributed by atoms with Crippen molar-refractivity contribution in [2.45, 2.75) is 26.7 Å². The lowest BCUT2D eigenvalue weighted by atomic mass is 10.1. The van der Waals surface area contributed by atoms with Gasteiger partial charge in [-0.15, -0.1) is 0 Å². The Labute approximate surface area is 141 Å². The van der Waals surface area contributed by atoms with Crippen LogP contribution < -0.4 is 10.2 Å². The Balaban J connectivity index is 2.00. The number of unbranched alkanes of at least 4 members (excludes halogenated alkanes) is 1. The van der Waals surface area contributed by atoms with Gasteiger partial charge in [-0.1, -0.05) is 13.3 Å². The van der Waals surface area contributed by atoms with E-state index < -0.39 is 0 Å². The highest BCUT2D eigenvalue weighted by atomic mass is 16.1. The van der Waals surface area contributed by atoms with Crippen molar-refractivity contribution in [2.75, 3.05) is 23.8 Å². The first-order valence-corrected chi connectivity index (χ1v) is 7.96. The van der Waals surface area contributed by atoms with Gasteiger partial charge in [-0.25, -0.2) is 9.97 Å². The highest BCUT2D eigenvalue weighted by Gasteiger charge is 2.10. The average molecular weight is 326 g/mol. The van der Waals surface area contributed by atoms with E-state index in [9.17, 15) is 9.59 Å². The summed E-state index contributed by atoms with van der Waals surface area (Å²) in [7, 11) is 1.93. The molecule has 0 aliphatic rings. The fourth-order valence-electron chi connectivity index (χ4n) is 2.12. The van der Waals surface area contributed by atoms with Gasteiger partial charge in [0.2, 0.25) is 5.95 Å². The van der Waals surface area contributed by atoms with Crippen LogP contribution in [-0.4, -0.2) is 35.3 Å². The van der Waals surface area contributed by atoms with E-state index in [1.165, 1.54) is 19.3 Å². The van der Waals surface area contributed by atoms with Crippen LogP contribution in [0.4, 0.5) is 11.6 Å². The zero-order valence-corrected chi connectivity index (χ0v) is 14.2. The zero-order chi connectivity index (χ0) is 17.5. The van der Waals surface area contributed by atoms with Crippen molar-refractivity contribution < 1.29 is 9.59 Å². The van der Waals surface area contributed by atoms with Gasteiger partial charge in [0.25, 0.3) is 5.91 Å². The van der Waals surface area contributed by atoms with E-state index in [1.54, 1.807) is 24.3 Å². The summed E-state index contributed by atoms with van der Waals surface area (Å²) in [5.41, 5.74) is 1.61. The third kappa shape index (κ3) is 4.62. The summed E-state index contributed by atoms with van der Waals surface area (Å²) in [6.45, 7) is 4.51. The van der Waals surface area contributed by atoms with Crippen molar-refractivity contribution in [1.82, 2.24) is 9.97 Å². The number of rotatable bonds is 7. The van der Waals surface area contributed by atoms with Crippen LogP contribution in [0.15, 0.2) is 36.7 Å². The molecule has 1 heterocycles. The molecule has 0 atom stereocenters. The smallest absolute Gasteiger partial charge is 0.258 e. The molecule has 6 heteroatoms. The van der Waals surface area contributed by atoms with Crippen LogP contribution in [0.2, 0.25) is 0 Å². The molecule has 1 aromatic carbocycles. The molecule has 2 aromatic rings. The van der Waals surface area contributed by atoms with Crippen LogP contribution in [0.1, 0.15) is 47.4 Å². The Morgan fingerprint density at radius 2 is 1.71 bits per heavy atom. The topological polar surface area (TPSA) is 75.2 Å². The monoisotopic (exact) mass is 326 g/mol. The van der Waals surface area contributed by atoms with Crippen LogP contribution in [-0.2, 0) is 0 Å². The third-order valence-electron chi connectivity index (χ3n) is 3.64. The van der Waals surface area contributed by atoms with Crippen LogP contribution >= 0.6 is 0 Å². The molecule has 0 unspecified atom stereocenters. The number of benzene rings is 1. The van der Waals surface area contributed by atoms with E-state index in [4.69, 9.17) is 0 Å². The summed E-state index contributed by atoms with van der Waals surface area (Å²) in [6.07, 6.45) is 5.21. The number of hydrogen-bond donors (Lipinski definition) is 1. The van der Waals surface area contributed by atoms with Crippen molar-refractivity contribution in [2.24, 2.45) is 0 Å². The molecular weight excluding hydrogens is 304 g/mol. The van der Waals surface area contributed by atoms with Crippen molar-refractivity contribution in [3.8, 4) is 0 Å². The number of anilines is 2. The van der Waals surface area contributed by atoms with Crippen LogP contribution in [0.3, 0.4) is 0 Å². The second kappa shape index (κ2) is 8.19. The molecule has 0 fully saturated rings. The molecule has 0 radical (unpaired) electrons. The Morgan fingerprint density at radius 1 is 1.08 bits per heavy atom. The molecule has 126 valence electrons. The first-order chi connectivity index (χ1) is 11.5. The minimum Gasteiger partial charge on any atom is -0.344 e. The fraction of sp³-hybridized carbons (Fsp3) is 0.333. The van der Waals surface area contributed by atoms with Gasteiger partial charge in [0.05, 0.1) is 5.56 Å². The lowest BCUT2D eigenvalue weighted by Gasteiger charge is -2.16. The number of amides is 1. The number of nitrogens with one attached hydrogen (secondary N) is 1. The SMILES string of the molecule is CCCCN(C)c1ncc(C(=O)Nc2ccc(C(C)=O)cc2)cn1. The number of aromatic nitrogens is 2. The standard InChI is InChI=1S/C18H22N4O2/c1-4-5-10-22(3)18-19-11-15(12-20-18)17(24)21-16-8-6-14(7-9-16)13(2)23/h6-9,11-12H,4-5,10H2,1-3H3,(H,21,24). The molecule has 0 saturated heterocycles. The van der Waals surface area contributed by atoms with E-state index in [2.05, 4.69) is 22.2 Å². The van der Waals surface area contributed by atoms with E-state index in [1.807, 2.05) is 11.9 Å². The van der Waals surface area contributed by atoms with Gasteiger partial charge in [0.1, 0.15) is 0 Å². The van der Waals surface area contributed by atoms with Gasteiger partial charge in [0.15, 0.2) is 5.78 Å². The van der Waals surface area contributed by atoms with E-state index >= 15 is 0 Å². The van der Waals surface area contributed by atoms with E-state index in [-0.39, 0.29) is 11.7 Å². The molecule has 1 N–H and O–H groups in total. The van der Waals surface area contributed by atoms with Crippen LogP contribution in [0.5, 0.6) is 0 Å².